The molecule has 2 amide bonds. The summed E-state index contributed by atoms with van der Waals surface area (Å²) in [5.74, 6) is 0.604. The zero-order chi connectivity index (χ0) is 14.7. The normalized spacial score (nSPS) is 10.8. The smallest absolute Gasteiger partial charge is 0.222 e. The van der Waals surface area contributed by atoms with Gasteiger partial charge in [0, 0.05) is 25.4 Å². The van der Waals surface area contributed by atoms with E-state index in [1.165, 1.54) is 0 Å². The molecule has 0 aromatic heterocycles. The molecule has 0 radical (unpaired) electrons. The van der Waals surface area contributed by atoms with Crippen molar-refractivity contribution >= 4 is 11.8 Å². The minimum Gasteiger partial charge on any atom is -0.379 e. The average molecular weight is 272 g/mol. The second-order valence-corrected chi connectivity index (χ2v) is 5.37. The van der Waals surface area contributed by atoms with Gasteiger partial charge in [0.2, 0.25) is 11.8 Å². The Hall–Kier alpha value is -1.10. The van der Waals surface area contributed by atoms with E-state index in [2.05, 4.69) is 24.5 Å². The highest BCUT2D eigenvalue weighted by Crippen LogP contribution is 2.02. The Morgan fingerprint density at radius 3 is 2.26 bits per heavy atom. The maximum Gasteiger partial charge on any atom is 0.222 e. The summed E-state index contributed by atoms with van der Waals surface area (Å²) in [4.78, 5) is 22.7. The summed E-state index contributed by atoms with van der Waals surface area (Å²) in [5.41, 5.74) is 0. The molecule has 0 aliphatic carbocycles. The second-order valence-electron chi connectivity index (χ2n) is 5.37. The van der Waals surface area contributed by atoms with E-state index in [9.17, 15) is 9.59 Å². The third-order valence-electron chi connectivity index (χ3n) is 2.44. The van der Waals surface area contributed by atoms with E-state index in [1.54, 1.807) is 0 Å². The molecule has 0 saturated carbocycles. The molecule has 0 aromatic rings. The van der Waals surface area contributed by atoms with Crippen molar-refractivity contribution in [1.82, 2.24) is 10.6 Å². The Morgan fingerprint density at radius 1 is 1.00 bits per heavy atom. The maximum atomic E-state index is 11.4. The lowest BCUT2D eigenvalue weighted by Crippen LogP contribution is -2.31. The number of rotatable bonds is 10. The number of hydrogen-bond acceptors (Lipinski definition) is 3. The predicted molar refractivity (Wildman–Crippen MR) is 75.8 cm³/mol. The lowest BCUT2D eigenvalue weighted by molar-refractivity contribution is -0.123. The fourth-order valence-corrected chi connectivity index (χ4v) is 1.43. The van der Waals surface area contributed by atoms with Crippen LogP contribution in [0.15, 0.2) is 0 Å². The molecule has 19 heavy (non-hydrogen) atoms. The number of ether oxygens (including phenoxy) is 1. The van der Waals surface area contributed by atoms with Crippen LogP contribution in [0, 0.1) is 5.92 Å². The standard InChI is InChI=1S/C14H28N2O3/c1-11(2)5-6-13(17)15-8-10-19-9-7-14(18)16-12(3)4/h11-12H,5-10H2,1-4H3,(H,15,17)(H,16,18). The zero-order valence-corrected chi connectivity index (χ0v) is 12.6. The van der Waals surface area contributed by atoms with E-state index >= 15 is 0 Å². The minimum atomic E-state index is -0.00373. The van der Waals surface area contributed by atoms with Gasteiger partial charge in [-0.2, -0.15) is 0 Å². The summed E-state index contributed by atoms with van der Waals surface area (Å²) in [5, 5.41) is 5.58. The largest absolute Gasteiger partial charge is 0.379 e. The van der Waals surface area contributed by atoms with Crippen molar-refractivity contribution < 1.29 is 14.3 Å². The Labute approximate surface area is 116 Å². The summed E-state index contributed by atoms with van der Waals surface area (Å²) in [7, 11) is 0. The van der Waals surface area contributed by atoms with Gasteiger partial charge in [-0.1, -0.05) is 13.8 Å². The monoisotopic (exact) mass is 272 g/mol. The first-order chi connectivity index (χ1) is 8.91. The highest BCUT2D eigenvalue weighted by Gasteiger charge is 2.04. The van der Waals surface area contributed by atoms with Gasteiger partial charge in [0.05, 0.1) is 13.2 Å². The number of carbonyl (C=O) groups is 2. The van der Waals surface area contributed by atoms with Crippen molar-refractivity contribution in [2.24, 2.45) is 5.92 Å². The molecule has 0 unspecified atom stereocenters. The third kappa shape index (κ3) is 13.1. The quantitative estimate of drug-likeness (QED) is 0.592. The van der Waals surface area contributed by atoms with Crippen LogP contribution >= 0.6 is 0 Å². The van der Waals surface area contributed by atoms with Gasteiger partial charge in [0.25, 0.3) is 0 Å². The van der Waals surface area contributed by atoms with E-state index < -0.39 is 0 Å². The molecular formula is C14H28N2O3. The molecular weight excluding hydrogens is 244 g/mol. The first kappa shape index (κ1) is 17.9. The lowest BCUT2D eigenvalue weighted by atomic mass is 10.1. The van der Waals surface area contributed by atoms with E-state index in [-0.39, 0.29) is 17.9 Å². The van der Waals surface area contributed by atoms with Crippen LogP contribution < -0.4 is 10.6 Å². The number of nitrogens with one attached hydrogen (secondary N) is 2. The SMILES string of the molecule is CC(C)CCC(=O)NCCOCCC(=O)NC(C)C. The molecule has 5 nitrogen and oxygen atoms in total. The summed E-state index contributed by atoms with van der Waals surface area (Å²) < 4.78 is 5.29. The second kappa shape index (κ2) is 10.8. The van der Waals surface area contributed by atoms with E-state index in [1.807, 2.05) is 13.8 Å². The summed E-state index contributed by atoms with van der Waals surface area (Å²) in [6, 6.07) is 0.160. The van der Waals surface area contributed by atoms with Crippen molar-refractivity contribution in [2.45, 2.75) is 53.0 Å². The van der Waals surface area contributed by atoms with Crippen molar-refractivity contribution in [3.63, 3.8) is 0 Å². The first-order valence-electron chi connectivity index (χ1n) is 7.05. The van der Waals surface area contributed by atoms with Gasteiger partial charge >= 0.3 is 0 Å². The van der Waals surface area contributed by atoms with Crippen LogP contribution in [0.4, 0.5) is 0 Å². The van der Waals surface area contributed by atoms with Crippen LogP contribution in [0.5, 0.6) is 0 Å². The Bertz CT molecular complexity index is 265. The maximum absolute atomic E-state index is 11.4. The summed E-state index contributed by atoms with van der Waals surface area (Å²) in [6.07, 6.45) is 1.83. The fraction of sp³-hybridized carbons (Fsp3) is 0.857. The van der Waals surface area contributed by atoms with Crippen LogP contribution in [0.25, 0.3) is 0 Å². The van der Waals surface area contributed by atoms with E-state index in [0.29, 0.717) is 38.5 Å². The zero-order valence-electron chi connectivity index (χ0n) is 12.6. The van der Waals surface area contributed by atoms with Crippen LogP contribution in [0.2, 0.25) is 0 Å². The van der Waals surface area contributed by atoms with Crippen molar-refractivity contribution in [3.05, 3.63) is 0 Å². The molecule has 5 heteroatoms. The summed E-state index contributed by atoms with van der Waals surface area (Å²) in [6.45, 7) is 9.37. The fourth-order valence-electron chi connectivity index (χ4n) is 1.43. The average Bonchev–Trinajstić information content (AvgIpc) is 2.30. The molecule has 0 saturated heterocycles. The Kier molecular flexibility index (Phi) is 10.2. The summed E-state index contributed by atoms with van der Waals surface area (Å²) >= 11 is 0. The number of amides is 2. The van der Waals surface area contributed by atoms with Crippen molar-refractivity contribution in [2.75, 3.05) is 19.8 Å². The molecule has 0 atom stereocenters. The van der Waals surface area contributed by atoms with E-state index in [0.717, 1.165) is 6.42 Å². The van der Waals surface area contributed by atoms with Crippen LogP contribution in [0.1, 0.15) is 47.0 Å². The number of carbonyl (C=O) groups excluding carboxylic acids is 2. The van der Waals surface area contributed by atoms with Crippen LogP contribution in [0.3, 0.4) is 0 Å². The van der Waals surface area contributed by atoms with Gasteiger partial charge in [-0.15, -0.1) is 0 Å². The Morgan fingerprint density at radius 2 is 1.68 bits per heavy atom. The third-order valence-corrected chi connectivity index (χ3v) is 2.44. The number of hydrogen-bond donors (Lipinski definition) is 2. The molecule has 0 aliphatic heterocycles. The highest BCUT2D eigenvalue weighted by atomic mass is 16.5. The molecule has 0 bridgehead atoms. The molecule has 2 N–H and O–H groups in total. The van der Waals surface area contributed by atoms with Gasteiger partial charge in [-0.05, 0) is 26.2 Å². The molecule has 0 spiro atoms. The van der Waals surface area contributed by atoms with Gasteiger partial charge < -0.3 is 15.4 Å². The van der Waals surface area contributed by atoms with Crippen LogP contribution in [-0.2, 0) is 14.3 Å². The van der Waals surface area contributed by atoms with Gasteiger partial charge in [-0.3, -0.25) is 9.59 Å². The Balaban J connectivity index is 3.35. The van der Waals surface area contributed by atoms with Gasteiger partial charge in [0.1, 0.15) is 0 Å². The van der Waals surface area contributed by atoms with E-state index in [4.69, 9.17) is 4.74 Å². The van der Waals surface area contributed by atoms with Gasteiger partial charge in [0.15, 0.2) is 0 Å². The molecule has 0 aliphatic rings. The molecule has 0 fully saturated rings. The molecule has 0 rings (SSSR count). The van der Waals surface area contributed by atoms with Crippen molar-refractivity contribution in [3.8, 4) is 0 Å². The first-order valence-corrected chi connectivity index (χ1v) is 7.05. The lowest BCUT2D eigenvalue weighted by Gasteiger charge is -2.09. The highest BCUT2D eigenvalue weighted by molar-refractivity contribution is 5.76. The van der Waals surface area contributed by atoms with Crippen molar-refractivity contribution in [1.29, 1.82) is 0 Å². The minimum absolute atomic E-state index is 0.00373. The predicted octanol–water partition coefficient (Wildman–Crippen LogP) is 1.47. The van der Waals surface area contributed by atoms with Gasteiger partial charge in [-0.25, -0.2) is 0 Å². The molecule has 0 aromatic carbocycles. The topological polar surface area (TPSA) is 67.4 Å². The molecule has 112 valence electrons. The molecule has 0 heterocycles. The van der Waals surface area contributed by atoms with Crippen LogP contribution in [-0.4, -0.2) is 37.6 Å².